The van der Waals surface area contributed by atoms with E-state index in [4.69, 9.17) is 4.74 Å². The fourth-order valence-corrected chi connectivity index (χ4v) is 4.00. The van der Waals surface area contributed by atoms with Crippen LogP contribution in [0.5, 0.6) is 0 Å². The molecule has 0 bridgehead atoms. The van der Waals surface area contributed by atoms with Crippen LogP contribution < -0.4 is 10.0 Å². The molecule has 2 aromatic rings. The first-order chi connectivity index (χ1) is 12.5. The summed E-state index contributed by atoms with van der Waals surface area (Å²) < 4.78 is 32.4. The van der Waals surface area contributed by atoms with E-state index >= 15 is 0 Å². The molecule has 0 radical (unpaired) electrons. The Morgan fingerprint density at radius 2 is 1.92 bits per heavy atom. The van der Waals surface area contributed by atoms with Crippen molar-refractivity contribution in [1.82, 2.24) is 10.0 Å². The highest BCUT2D eigenvalue weighted by Gasteiger charge is 2.14. The number of carbonyl (C=O) groups excluding carboxylic acids is 1. The molecule has 1 amide bonds. The third kappa shape index (κ3) is 6.53. The molecule has 26 heavy (non-hydrogen) atoms. The van der Waals surface area contributed by atoms with Crippen LogP contribution in [0.1, 0.15) is 28.6 Å². The van der Waals surface area contributed by atoms with Gasteiger partial charge in [-0.25, -0.2) is 13.1 Å². The molecule has 142 valence electrons. The molecule has 0 atom stereocenters. The van der Waals surface area contributed by atoms with Crippen LogP contribution in [0.2, 0.25) is 0 Å². The van der Waals surface area contributed by atoms with E-state index in [1.54, 1.807) is 11.3 Å². The SMILES string of the molecule is CCOCCCNC(=O)c1ccc(S(=O)(=O)NCCc2cccs2)cc1. The van der Waals surface area contributed by atoms with E-state index in [0.29, 0.717) is 38.3 Å². The van der Waals surface area contributed by atoms with Crippen molar-refractivity contribution >= 4 is 27.3 Å². The summed E-state index contributed by atoms with van der Waals surface area (Å²) in [6, 6.07) is 9.85. The van der Waals surface area contributed by atoms with Gasteiger partial charge in [0.25, 0.3) is 5.91 Å². The van der Waals surface area contributed by atoms with Gasteiger partial charge in [0.1, 0.15) is 0 Å². The van der Waals surface area contributed by atoms with Crippen molar-refractivity contribution in [2.75, 3.05) is 26.3 Å². The zero-order chi connectivity index (χ0) is 18.8. The second-order valence-electron chi connectivity index (χ2n) is 5.56. The number of hydrogen-bond acceptors (Lipinski definition) is 5. The second kappa shape index (κ2) is 10.4. The van der Waals surface area contributed by atoms with E-state index in [1.807, 2.05) is 24.4 Å². The molecule has 0 aliphatic heterocycles. The zero-order valence-corrected chi connectivity index (χ0v) is 16.4. The largest absolute Gasteiger partial charge is 0.382 e. The molecule has 0 spiro atoms. The summed E-state index contributed by atoms with van der Waals surface area (Å²) in [5.41, 5.74) is 0.430. The minimum atomic E-state index is -3.58. The Morgan fingerprint density at radius 1 is 1.15 bits per heavy atom. The predicted molar refractivity (Wildman–Crippen MR) is 103 cm³/mol. The highest BCUT2D eigenvalue weighted by molar-refractivity contribution is 7.89. The second-order valence-corrected chi connectivity index (χ2v) is 8.36. The van der Waals surface area contributed by atoms with Crippen LogP contribution in [0.15, 0.2) is 46.7 Å². The normalized spacial score (nSPS) is 11.4. The summed E-state index contributed by atoms with van der Waals surface area (Å²) >= 11 is 1.60. The molecule has 0 saturated heterocycles. The van der Waals surface area contributed by atoms with E-state index in [0.717, 1.165) is 11.3 Å². The quantitative estimate of drug-likeness (QED) is 0.571. The molecule has 1 aromatic carbocycles. The van der Waals surface area contributed by atoms with Crippen molar-refractivity contribution in [2.24, 2.45) is 0 Å². The van der Waals surface area contributed by atoms with Crippen LogP contribution in [0.25, 0.3) is 0 Å². The number of amides is 1. The minimum Gasteiger partial charge on any atom is -0.382 e. The molecule has 8 heteroatoms. The maximum Gasteiger partial charge on any atom is 0.251 e. The van der Waals surface area contributed by atoms with Gasteiger partial charge in [0, 0.05) is 36.7 Å². The van der Waals surface area contributed by atoms with E-state index in [1.165, 1.54) is 24.3 Å². The van der Waals surface area contributed by atoms with Crippen molar-refractivity contribution in [1.29, 1.82) is 0 Å². The average Bonchev–Trinajstić information content (AvgIpc) is 3.15. The summed E-state index contributed by atoms with van der Waals surface area (Å²) in [6.45, 7) is 4.04. The maximum atomic E-state index is 12.3. The van der Waals surface area contributed by atoms with Crippen LogP contribution in [0.4, 0.5) is 0 Å². The maximum absolute atomic E-state index is 12.3. The lowest BCUT2D eigenvalue weighted by atomic mass is 10.2. The van der Waals surface area contributed by atoms with E-state index in [2.05, 4.69) is 10.0 Å². The Hall–Kier alpha value is -1.74. The Morgan fingerprint density at radius 3 is 2.58 bits per heavy atom. The van der Waals surface area contributed by atoms with Crippen LogP contribution in [0, 0.1) is 0 Å². The van der Waals surface area contributed by atoms with Crippen molar-refractivity contribution in [3.05, 3.63) is 52.2 Å². The molecule has 2 N–H and O–H groups in total. The van der Waals surface area contributed by atoms with Gasteiger partial charge < -0.3 is 10.1 Å². The minimum absolute atomic E-state index is 0.150. The Bertz CT molecular complexity index is 772. The molecule has 0 fully saturated rings. The first-order valence-electron chi connectivity index (χ1n) is 8.51. The van der Waals surface area contributed by atoms with Crippen LogP contribution in [-0.2, 0) is 21.2 Å². The lowest BCUT2D eigenvalue weighted by Crippen LogP contribution is -2.27. The van der Waals surface area contributed by atoms with Crippen molar-refractivity contribution in [3.8, 4) is 0 Å². The number of rotatable bonds is 11. The summed E-state index contributed by atoms with van der Waals surface area (Å²) in [5.74, 6) is -0.226. The molecule has 0 aliphatic carbocycles. The van der Waals surface area contributed by atoms with Crippen LogP contribution in [0.3, 0.4) is 0 Å². The molecule has 2 rings (SSSR count). The first-order valence-corrected chi connectivity index (χ1v) is 10.9. The molecule has 6 nitrogen and oxygen atoms in total. The van der Waals surface area contributed by atoms with E-state index in [-0.39, 0.29) is 10.8 Å². The fourth-order valence-electron chi connectivity index (χ4n) is 2.25. The lowest BCUT2D eigenvalue weighted by Gasteiger charge is -2.08. The predicted octanol–water partition coefficient (Wildman–Crippen LogP) is 2.43. The van der Waals surface area contributed by atoms with Crippen LogP contribution >= 0.6 is 11.3 Å². The smallest absolute Gasteiger partial charge is 0.251 e. The Balaban J connectivity index is 1.83. The van der Waals surface area contributed by atoms with Crippen molar-refractivity contribution < 1.29 is 17.9 Å². The third-order valence-corrected chi connectivity index (χ3v) is 6.04. The molecule has 1 aromatic heterocycles. The first kappa shape index (κ1) is 20.6. The van der Waals surface area contributed by atoms with Gasteiger partial charge in [-0.15, -0.1) is 11.3 Å². The number of ether oxygens (including phenoxy) is 1. The molecular formula is C18H24N2O4S2. The highest BCUT2D eigenvalue weighted by atomic mass is 32.2. The van der Waals surface area contributed by atoms with Gasteiger partial charge in [0.05, 0.1) is 4.90 Å². The highest BCUT2D eigenvalue weighted by Crippen LogP contribution is 2.12. The lowest BCUT2D eigenvalue weighted by molar-refractivity contribution is 0.0944. The standard InChI is InChI=1S/C18H24N2O4S2/c1-2-24-13-4-11-19-18(21)15-6-8-17(9-7-15)26(22,23)20-12-10-16-5-3-14-25-16/h3,5-9,14,20H,2,4,10-13H2,1H3,(H,19,21). The average molecular weight is 397 g/mol. The summed E-state index contributed by atoms with van der Waals surface area (Å²) in [6.07, 6.45) is 1.39. The van der Waals surface area contributed by atoms with Gasteiger partial charge in [0.2, 0.25) is 10.0 Å². The zero-order valence-electron chi connectivity index (χ0n) is 14.7. The van der Waals surface area contributed by atoms with Crippen molar-refractivity contribution in [2.45, 2.75) is 24.7 Å². The number of hydrogen-bond donors (Lipinski definition) is 2. The summed E-state index contributed by atoms with van der Waals surface area (Å²) in [7, 11) is -3.58. The molecule has 0 unspecified atom stereocenters. The van der Waals surface area contributed by atoms with Gasteiger partial charge in [-0.3, -0.25) is 4.79 Å². The number of sulfonamides is 1. The van der Waals surface area contributed by atoms with Crippen LogP contribution in [-0.4, -0.2) is 40.6 Å². The fraction of sp³-hybridized carbons (Fsp3) is 0.389. The topological polar surface area (TPSA) is 84.5 Å². The summed E-state index contributed by atoms with van der Waals surface area (Å²) in [5, 5.41) is 4.75. The van der Waals surface area contributed by atoms with E-state index in [9.17, 15) is 13.2 Å². The third-order valence-electron chi connectivity index (χ3n) is 3.63. The number of benzene rings is 1. The molecule has 1 heterocycles. The molecule has 0 saturated carbocycles. The molecular weight excluding hydrogens is 372 g/mol. The number of carbonyl (C=O) groups is 1. The summed E-state index contributed by atoms with van der Waals surface area (Å²) in [4.78, 5) is 13.3. The van der Waals surface area contributed by atoms with Gasteiger partial charge in [-0.2, -0.15) is 0 Å². The van der Waals surface area contributed by atoms with Gasteiger partial charge in [0.15, 0.2) is 0 Å². The number of nitrogens with one attached hydrogen (secondary N) is 2. The van der Waals surface area contributed by atoms with E-state index < -0.39 is 10.0 Å². The Labute approximate surface area is 158 Å². The number of thiophene rings is 1. The molecule has 0 aliphatic rings. The van der Waals surface area contributed by atoms with Gasteiger partial charge >= 0.3 is 0 Å². The monoisotopic (exact) mass is 396 g/mol. The Kier molecular flexibility index (Phi) is 8.24. The van der Waals surface area contributed by atoms with Gasteiger partial charge in [-0.05, 0) is 55.5 Å². The van der Waals surface area contributed by atoms with Crippen molar-refractivity contribution in [3.63, 3.8) is 0 Å². The van der Waals surface area contributed by atoms with Gasteiger partial charge in [-0.1, -0.05) is 6.07 Å².